The molecule has 2 aliphatic rings. The van der Waals surface area contributed by atoms with Crippen molar-refractivity contribution in [2.45, 2.75) is 19.3 Å². The molecule has 0 aromatic heterocycles. The number of hydrogen-bond acceptors (Lipinski definition) is 0. The highest BCUT2D eigenvalue weighted by Gasteiger charge is 2.51. The normalized spacial score (nSPS) is 17.6. The van der Waals surface area contributed by atoms with Crippen LogP contribution in [0.3, 0.4) is 0 Å². The first-order valence-corrected chi connectivity index (χ1v) is 11.5. The number of hydrogen-bond donors (Lipinski definition) is 0. The zero-order chi connectivity index (χ0) is 22.7. The summed E-state index contributed by atoms with van der Waals surface area (Å²) in [6.45, 7) is 12.9. The molecule has 1 atom stereocenters. The van der Waals surface area contributed by atoms with Crippen LogP contribution in [0.2, 0.25) is 0 Å². The van der Waals surface area contributed by atoms with Gasteiger partial charge in [-0.15, -0.1) is 0 Å². The van der Waals surface area contributed by atoms with Gasteiger partial charge in [-0.1, -0.05) is 104 Å². The Labute approximate surface area is 196 Å². The van der Waals surface area contributed by atoms with Crippen LogP contribution in [0, 0.1) is 13.8 Å². The lowest BCUT2D eigenvalue weighted by atomic mass is 9.69. The molecule has 4 aromatic carbocycles. The summed E-state index contributed by atoms with van der Waals surface area (Å²) in [6.07, 6.45) is 4.05. The molecule has 2 aliphatic carbocycles. The van der Waals surface area contributed by atoms with Crippen LogP contribution in [0.5, 0.6) is 0 Å². The molecule has 6 rings (SSSR count). The lowest BCUT2D eigenvalue weighted by Gasteiger charge is -2.32. The van der Waals surface area contributed by atoms with Crippen molar-refractivity contribution in [2.75, 3.05) is 0 Å². The highest BCUT2D eigenvalue weighted by molar-refractivity contribution is 5.98. The third kappa shape index (κ3) is 2.41. The Kier molecular flexibility index (Phi) is 4.22. The maximum absolute atomic E-state index is 4.30. The molecule has 0 saturated carbocycles. The van der Waals surface area contributed by atoms with Crippen LogP contribution in [0.1, 0.15) is 33.4 Å². The fourth-order valence-corrected chi connectivity index (χ4v) is 6.20. The summed E-state index contributed by atoms with van der Waals surface area (Å²) in [5.74, 6) is 0. The molecule has 0 bridgehead atoms. The van der Waals surface area contributed by atoms with Crippen molar-refractivity contribution in [1.29, 1.82) is 0 Å². The predicted molar refractivity (Wildman–Crippen MR) is 140 cm³/mol. The Bertz CT molecular complexity index is 1510. The van der Waals surface area contributed by atoms with E-state index in [9.17, 15) is 0 Å². The van der Waals surface area contributed by atoms with Gasteiger partial charge in [0, 0.05) is 0 Å². The van der Waals surface area contributed by atoms with Gasteiger partial charge < -0.3 is 0 Å². The first kappa shape index (κ1) is 19.8. The van der Waals surface area contributed by atoms with Crippen molar-refractivity contribution in [3.05, 3.63) is 149 Å². The van der Waals surface area contributed by atoms with E-state index in [0.29, 0.717) is 0 Å². The molecular weight excluding hydrogens is 396 g/mol. The third-order valence-electron chi connectivity index (χ3n) is 7.55. The molecule has 0 heteroatoms. The molecule has 0 N–H and O–H groups in total. The Morgan fingerprint density at radius 1 is 0.545 bits per heavy atom. The molecule has 0 fully saturated rings. The number of aryl methyl sites for hydroxylation is 2. The van der Waals surface area contributed by atoms with E-state index in [1.165, 1.54) is 66.8 Å². The van der Waals surface area contributed by atoms with Crippen LogP contribution in [0.15, 0.2) is 116 Å². The minimum Gasteiger partial charge on any atom is -0.0987 e. The van der Waals surface area contributed by atoms with E-state index in [4.69, 9.17) is 0 Å². The van der Waals surface area contributed by atoms with Crippen LogP contribution in [0.4, 0.5) is 0 Å². The van der Waals surface area contributed by atoms with Gasteiger partial charge in [-0.2, -0.15) is 0 Å². The van der Waals surface area contributed by atoms with Crippen molar-refractivity contribution < 1.29 is 0 Å². The Hall–Kier alpha value is -3.90. The molecule has 158 valence electrons. The lowest BCUT2D eigenvalue weighted by Crippen LogP contribution is -2.26. The van der Waals surface area contributed by atoms with E-state index in [0.717, 1.165) is 0 Å². The molecular formula is C33H26. The second-order valence-corrected chi connectivity index (χ2v) is 9.10. The topological polar surface area (TPSA) is 0 Å². The smallest absolute Gasteiger partial charge is 0.0725 e. The van der Waals surface area contributed by atoms with Crippen molar-refractivity contribution in [1.82, 2.24) is 0 Å². The fraction of sp³-hybridized carbons (Fsp3) is 0.0909. The number of fused-ring (bicyclic) bond motifs is 7. The van der Waals surface area contributed by atoms with E-state index in [1.54, 1.807) is 0 Å². The molecule has 0 radical (unpaired) electrons. The highest BCUT2D eigenvalue weighted by atomic mass is 14.5. The summed E-state index contributed by atoms with van der Waals surface area (Å²) in [5.41, 5.74) is 15.1. The average molecular weight is 423 g/mol. The summed E-state index contributed by atoms with van der Waals surface area (Å²) in [4.78, 5) is 0. The van der Waals surface area contributed by atoms with E-state index in [-0.39, 0.29) is 5.41 Å². The predicted octanol–water partition coefficient (Wildman–Crippen LogP) is 8.42. The second-order valence-electron chi connectivity index (χ2n) is 9.10. The van der Waals surface area contributed by atoms with Crippen LogP contribution in [-0.2, 0) is 5.41 Å². The van der Waals surface area contributed by atoms with Crippen molar-refractivity contribution >= 4 is 5.57 Å². The molecule has 0 heterocycles. The Balaban J connectivity index is 1.80. The van der Waals surface area contributed by atoms with Crippen LogP contribution >= 0.6 is 0 Å². The zero-order valence-corrected chi connectivity index (χ0v) is 19.2. The van der Waals surface area contributed by atoms with E-state index >= 15 is 0 Å². The minimum atomic E-state index is -0.376. The van der Waals surface area contributed by atoms with Gasteiger partial charge in [0.05, 0.1) is 5.41 Å². The standard InChI is InChI=1S/C33H26/c1-5-23-25-15-9-11-17-30(25)33(29(23)6-2)31-18-12-10-16-26(31)28-19-22(4)27(20-32(28)33)24-14-8-7-13-21(24)3/h5-20H,1-2H2,3-4H3. The minimum absolute atomic E-state index is 0.376. The molecule has 1 spiro atoms. The van der Waals surface area contributed by atoms with Crippen LogP contribution < -0.4 is 0 Å². The van der Waals surface area contributed by atoms with Crippen LogP contribution in [-0.4, -0.2) is 0 Å². The van der Waals surface area contributed by atoms with E-state index < -0.39 is 0 Å². The molecule has 0 amide bonds. The van der Waals surface area contributed by atoms with Crippen molar-refractivity contribution in [3.63, 3.8) is 0 Å². The number of benzene rings is 4. The quantitative estimate of drug-likeness (QED) is 0.311. The van der Waals surface area contributed by atoms with Crippen LogP contribution in [0.25, 0.3) is 27.8 Å². The SMILES string of the molecule is C=CC1=C(C=C)C2(c3ccccc31)c1ccccc1-c1cc(C)c(-c3ccccc3C)cc12. The fourth-order valence-electron chi connectivity index (χ4n) is 6.20. The Morgan fingerprint density at radius 3 is 1.82 bits per heavy atom. The van der Waals surface area contributed by atoms with E-state index in [2.05, 4.69) is 118 Å². The summed E-state index contributed by atoms with van der Waals surface area (Å²) in [7, 11) is 0. The van der Waals surface area contributed by atoms with Gasteiger partial charge in [0.1, 0.15) is 0 Å². The highest BCUT2D eigenvalue weighted by Crippen LogP contribution is 2.62. The van der Waals surface area contributed by atoms with Gasteiger partial charge in [0.15, 0.2) is 0 Å². The first-order valence-electron chi connectivity index (χ1n) is 11.5. The van der Waals surface area contributed by atoms with E-state index in [1.807, 2.05) is 6.08 Å². The number of rotatable bonds is 3. The summed E-state index contributed by atoms with van der Waals surface area (Å²) in [6, 6.07) is 31.2. The summed E-state index contributed by atoms with van der Waals surface area (Å²) >= 11 is 0. The monoisotopic (exact) mass is 422 g/mol. The lowest BCUT2D eigenvalue weighted by molar-refractivity contribution is 0.787. The molecule has 0 nitrogen and oxygen atoms in total. The molecule has 0 saturated heterocycles. The summed E-state index contributed by atoms with van der Waals surface area (Å²) in [5, 5.41) is 0. The maximum atomic E-state index is 4.30. The van der Waals surface area contributed by atoms with Gasteiger partial charge in [-0.25, -0.2) is 0 Å². The van der Waals surface area contributed by atoms with Gasteiger partial charge in [-0.05, 0) is 86.7 Å². The third-order valence-corrected chi connectivity index (χ3v) is 7.55. The van der Waals surface area contributed by atoms with Gasteiger partial charge in [0.2, 0.25) is 0 Å². The number of allylic oxidation sites excluding steroid dienone is 4. The summed E-state index contributed by atoms with van der Waals surface area (Å²) < 4.78 is 0. The average Bonchev–Trinajstić information content (AvgIpc) is 3.29. The molecule has 1 unspecified atom stereocenters. The Morgan fingerprint density at radius 2 is 1.15 bits per heavy atom. The van der Waals surface area contributed by atoms with Crippen molar-refractivity contribution in [3.8, 4) is 22.3 Å². The van der Waals surface area contributed by atoms with Gasteiger partial charge in [0.25, 0.3) is 0 Å². The van der Waals surface area contributed by atoms with Gasteiger partial charge >= 0.3 is 0 Å². The second kappa shape index (κ2) is 7.05. The molecule has 33 heavy (non-hydrogen) atoms. The maximum Gasteiger partial charge on any atom is 0.0725 e. The molecule has 4 aromatic rings. The largest absolute Gasteiger partial charge is 0.0987 e. The first-order chi connectivity index (χ1) is 16.1. The molecule has 0 aliphatic heterocycles. The van der Waals surface area contributed by atoms with Gasteiger partial charge in [-0.3, -0.25) is 0 Å². The zero-order valence-electron chi connectivity index (χ0n) is 19.2. The van der Waals surface area contributed by atoms with Crippen molar-refractivity contribution in [2.24, 2.45) is 0 Å².